The van der Waals surface area contributed by atoms with E-state index in [0.29, 0.717) is 19.3 Å². The lowest BCUT2D eigenvalue weighted by molar-refractivity contribution is -0.167. The first-order valence-corrected chi connectivity index (χ1v) is 33.9. The van der Waals surface area contributed by atoms with E-state index < -0.39 is 6.10 Å². The molecule has 0 amide bonds. The summed E-state index contributed by atoms with van der Waals surface area (Å²) in [5.41, 5.74) is 0. The van der Waals surface area contributed by atoms with Crippen molar-refractivity contribution in [2.24, 2.45) is 0 Å². The van der Waals surface area contributed by atoms with Gasteiger partial charge in [0.15, 0.2) is 6.10 Å². The van der Waals surface area contributed by atoms with Crippen LogP contribution in [0.1, 0.15) is 348 Å². The van der Waals surface area contributed by atoms with Crippen molar-refractivity contribution < 1.29 is 28.6 Å². The lowest BCUT2D eigenvalue weighted by atomic mass is 10.0. The highest BCUT2D eigenvalue weighted by molar-refractivity contribution is 5.71. The molecule has 78 heavy (non-hydrogen) atoms. The molecule has 0 bridgehead atoms. The highest BCUT2D eigenvalue weighted by Crippen LogP contribution is 2.18. The maximum Gasteiger partial charge on any atom is 0.306 e. The number of hydrogen-bond donors (Lipinski definition) is 0. The molecule has 0 aliphatic heterocycles. The first-order chi connectivity index (χ1) is 38.5. The minimum atomic E-state index is -0.768. The molecular weight excluding hydrogens is 961 g/mol. The van der Waals surface area contributed by atoms with Gasteiger partial charge in [0.25, 0.3) is 0 Å². The van der Waals surface area contributed by atoms with Crippen LogP contribution in [0.3, 0.4) is 0 Å². The van der Waals surface area contributed by atoms with Crippen LogP contribution in [0.4, 0.5) is 0 Å². The number of ether oxygens (including phenoxy) is 3. The van der Waals surface area contributed by atoms with Gasteiger partial charge in [-0.1, -0.05) is 331 Å². The van der Waals surface area contributed by atoms with Crippen LogP contribution in [0, 0.1) is 0 Å². The minimum Gasteiger partial charge on any atom is -0.462 e. The van der Waals surface area contributed by atoms with Crippen molar-refractivity contribution >= 4 is 17.9 Å². The molecule has 0 saturated heterocycles. The van der Waals surface area contributed by atoms with Gasteiger partial charge in [0.1, 0.15) is 13.2 Å². The third kappa shape index (κ3) is 63.7. The molecule has 0 aromatic heterocycles. The number of carbonyl (C=O) groups excluding carboxylic acids is 3. The molecule has 0 N–H and O–H groups in total. The van der Waals surface area contributed by atoms with Crippen molar-refractivity contribution in [2.45, 2.75) is 354 Å². The monoisotopic (exact) mass is 1090 g/mol. The summed E-state index contributed by atoms with van der Waals surface area (Å²) in [7, 11) is 0. The molecular formula is C72H128O6. The summed E-state index contributed by atoms with van der Waals surface area (Å²) in [6.45, 7) is 6.52. The SMILES string of the molecule is CC/C=C\C/C=C\C/C=C\C/C=C\C/C=C\C/C=C\CCCCCCCCCCCCCCCCCCC(=O)OCC(COC(=O)CCCCCCCC)OC(=O)CCCCCCCCCCCCCCCCCCCCC. The van der Waals surface area contributed by atoms with Gasteiger partial charge in [-0.2, -0.15) is 0 Å². The Kier molecular flexibility index (Phi) is 63.7. The van der Waals surface area contributed by atoms with Crippen LogP contribution in [0.15, 0.2) is 72.9 Å². The number of esters is 3. The topological polar surface area (TPSA) is 78.9 Å². The quantitative estimate of drug-likeness (QED) is 0.0261. The molecule has 6 nitrogen and oxygen atoms in total. The molecule has 0 aromatic carbocycles. The number of allylic oxidation sites excluding steroid dienone is 12. The van der Waals surface area contributed by atoms with E-state index in [1.54, 1.807) is 0 Å². The molecule has 0 aromatic rings. The predicted octanol–water partition coefficient (Wildman–Crippen LogP) is 23.3. The molecule has 1 atom stereocenters. The standard InChI is InChI=1S/C72H128O6/c1-4-7-10-13-16-18-20-22-24-26-28-29-30-31-32-33-34-35-36-37-38-39-40-41-42-43-45-46-48-50-52-54-56-59-62-65-71(74)77-68-69(67-76-70(73)64-61-58-15-12-9-6-3)78-72(75)66-63-60-57-55-53-51-49-47-44-27-25-23-21-19-17-14-11-8-5-2/h7,10,16,18,22,24,28-29,31-32,34-35,69H,4-6,8-9,11-15,17,19-21,23,25-27,30,33,36-68H2,1-3H3/b10-7-,18-16-,24-22-,29-28-,32-31-,35-34-. The van der Waals surface area contributed by atoms with E-state index in [1.807, 2.05) is 0 Å². The Morgan fingerprint density at radius 3 is 0.782 bits per heavy atom. The van der Waals surface area contributed by atoms with Crippen molar-refractivity contribution in [3.63, 3.8) is 0 Å². The highest BCUT2D eigenvalue weighted by Gasteiger charge is 2.19. The Bertz CT molecular complexity index is 1440. The molecule has 1 unspecified atom stereocenters. The number of rotatable bonds is 62. The van der Waals surface area contributed by atoms with Gasteiger partial charge in [0, 0.05) is 19.3 Å². The lowest BCUT2D eigenvalue weighted by Gasteiger charge is -2.18. The van der Waals surface area contributed by atoms with Crippen molar-refractivity contribution in [1.29, 1.82) is 0 Å². The zero-order chi connectivity index (χ0) is 56.4. The summed E-state index contributed by atoms with van der Waals surface area (Å²) in [5.74, 6) is -0.859. The van der Waals surface area contributed by atoms with Gasteiger partial charge >= 0.3 is 17.9 Å². The van der Waals surface area contributed by atoms with E-state index >= 15 is 0 Å². The van der Waals surface area contributed by atoms with Crippen LogP contribution < -0.4 is 0 Å². The fourth-order valence-electron chi connectivity index (χ4n) is 9.92. The molecule has 0 aliphatic carbocycles. The molecule has 0 rings (SSSR count). The van der Waals surface area contributed by atoms with Gasteiger partial charge in [-0.3, -0.25) is 14.4 Å². The summed E-state index contributed by atoms with van der Waals surface area (Å²) < 4.78 is 16.8. The van der Waals surface area contributed by atoms with Gasteiger partial charge in [0.2, 0.25) is 0 Å². The van der Waals surface area contributed by atoms with Crippen molar-refractivity contribution in [2.75, 3.05) is 13.2 Å². The van der Waals surface area contributed by atoms with Crippen molar-refractivity contribution in [1.82, 2.24) is 0 Å². The first-order valence-electron chi connectivity index (χ1n) is 33.9. The molecule has 0 radical (unpaired) electrons. The zero-order valence-electron chi connectivity index (χ0n) is 51.9. The molecule has 0 saturated carbocycles. The highest BCUT2D eigenvalue weighted by atomic mass is 16.6. The molecule has 6 heteroatoms. The Morgan fingerprint density at radius 1 is 0.269 bits per heavy atom. The summed E-state index contributed by atoms with van der Waals surface area (Å²) in [6, 6.07) is 0. The van der Waals surface area contributed by atoms with E-state index in [1.165, 1.54) is 212 Å². The van der Waals surface area contributed by atoms with E-state index in [9.17, 15) is 14.4 Å². The van der Waals surface area contributed by atoms with E-state index in [4.69, 9.17) is 14.2 Å². The van der Waals surface area contributed by atoms with E-state index in [-0.39, 0.29) is 31.1 Å². The van der Waals surface area contributed by atoms with Gasteiger partial charge in [-0.05, 0) is 70.6 Å². The Balaban J connectivity index is 3.96. The number of hydrogen-bond acceptors (Lipinski definition) is 6. The fourth-order valence-corrected chi connectivity index (χ4v) is 9.92. The maximum atomic E-state index is 12.8. The average Bonchev–Trinajstić information content (AvgIpc) is 3.44. The Labute approximate surface area is 484 Å². The minimum absolute atomic E-state index is 0.0691. The molecule has 0 fully saturated rings. The van der Waals surface area contributed by atoms with E-state index in [0.717, 1.165) is 96.3 Å². The smallest absolute Gasteiger partial charge is 0.306 e. The van der Waals surface area contributed by atoms with Crippen LogP contribution in [0.25, 0.3) is 0 Å². The predicted molar refractivity (Wildman–Crippen MR) is 339 cm³/mol. The fraction of sp³-hybridized carbons (Fsp3) is 0.792. The van der Waals surface area contributed by atoms with Crippen LogP contribution in [0.2, 0.25) is 0 Å². The third-order valence-corrected chi connectivity index (χ3v) is 15.0. The summed E-state index contributed by atoms with van der Waals surface area (Å²) in [6.07, 6.45) is 86.8. The first kappa shape index (κ1) is 74.8. The second-order valence-corrected chi connectivity index (χ2v) is 22.7. The second kappa shape index (κ2) is 66.4. The Hall–Kier alpha value is -3.15. The molecule has 452 valence electrons. The maximum absolute atomic E-state index is 12.8. The van der Waals surface area contributed by atoms with Crippen LogP contribution in [-0.4, -0.2) is 37.2 Å². The largest absolute Gasteiger partial charge is 0.462 e. The van der Waals surface area contributed by atoms with Crippen LogP contribution in [0.5, 0.6) is 0 Å². The number of carbonyl (C=O) groups is 3. The number of unbranched alkanes of at least 4 members (excludes halogenated alkanes) is 39. The summed E-state index contributed by atoms with van der Waals surface area (Å²) in [4.78, 5) is 38.0. The van der Waals surface area contributed by atoms with Gasteiger partial charge in [-0.15, -0.1) is 0 Å². The van der Waals surface area contributed by atoms with Crippen LogP contribution in [-0.2, 0) is 28.6 Å². The van der Waals surface area contributed by atoms with Crippen LogP contribution >= 0.6 is 0 Å². The Morgan fingerprint density at radius 2 is 0.500 bits per heavy atom. The molecule has 0 aliphatic rings. The average molecular weight is 1090 g/mol. The zero-order valence-corrected chi connectivity index (χ0v) is 51.9. The second-order valence-electron chi connectivity index (χ2n) is 22.7. The van der Waals surface area contributed by atoms with Gasteiger partial charge in [0.05, 0.1) is 0 Å². The molecule has 0 heterocycles. The van der Waals surface area contributed by atoms with Gasteiger partial charge in [-0.25, -0.2) is 0 Å². The molecule has 0 spiro atoms. The van der Waals surface area contributed by atoms with Crippen molar-refractivity contribution in [3.05, 3.63) is 72.9 Å². The summed E-state index contributed by atoms with van der Waals surface area (Å²) >= 11 is 0. The summed E-state index contributed by atoms with van der Waals surface area (Å²) in [5, 5.41) is 0. The normalized spacial score (nSPS) is 12.5. The van der Waals surface area contributed by atoms with Crippen molar-refractivity contribution in [3.8, 4) is 0 Å². The van der Waals surface area contributed by atoms with E-state index in [2.05, 4.69) is 93.7 Å². The lowest BCUT2D eigenvalue weighted by Crippen LogP contribution is -2.30. The van der Waals surface area contributed by atoms with Gasteiger partial charge < -0.3 is 14.2 Å². The third-order valence-electron chi connectivity index (χ3n) is 15.0.